The average molecular weight is 481 g/mol. The maximum atomic E-state index is 15.2. The highest BCUT2D eigenvalue weighted by molar-refractivity contribution is 9.09. The second-order valence-corrected chi connectivity index (χ2v) is 7.27. The standard InChI is InChI=1S/C21H18BrFO7/c22-19-18(30-21(26)14-9-5-2-6-10-14)17(16(23)15(28-19)11-27-12-24)29-20(25)13-7-3-1-4-8-13/h1-10,12,15-19H,11H2. The van der Waals surface area contributed by atoms with Crippen LogP contribution in [0.15, 0.2) is 60.7 Å². The van der Waals surface area contributed by atoms with Crippen LogP contribution in [0.4, 0.5) is 4.39 Å². The van der Waals surface area contributed by atoms with Gasteiger partial charge in [0.15, 0.2) is 23.4 Å². The molecule has 0 saturated carbocycles. The van der Waals surface area contributed by atoms with Crippen LogP contribution in [-0.4, -0.2) is 54.5 Å². The Kier molecular flexibility index (Phi) is 7.53. The number of benzene rings is 2. The fourth-order valence-corrected chi connectivity index (χ4v) is 3.60. The van der Waals surface area contributed by atoms with E-state index in [0.29, 0.717) is 0 Å². The number of esters is 2. The molecule has 1 fully saturated rings. The number of hydrogen-bond donors (Lipinski definition) is 0. The summed E-state index contributed by atoms with van der Waals surface area (Å²) in [5.74, 6) is -1.52. The van der Waals surface area contributed by atoms with Crippen LogP contribution in [0.25, 0.3) is 0 Å². The van der Waals surface area contributed by atoms with Crippen LogP contribution in [0.1, 0.15) is 20.7 Å². The number of rotatable bonds is 7. The number of carbonyl (C=O) groups excluding carboxylic acids is 3. The Morgan fingerprint density at radius 1 is 0.933 bits per heavy atom. The third-order valence-corrected chi connectivity index (χ3v) is 5.13. The molecule has 5 unspecified atom stereocenters. The molecule has 0 N–H and O–H groups in total. The molecule has 1 heterocycles. The minimum Gasteiger partial charge on any atom is -0.465 e. The van der Waals surface area contributed by atoms with Gasteiger partial charge in [0.25, 0.3) is 6.47 Å². The molecule has 5 atom stereocenters. The Hall–Kier alpha value is -2.78. The maximum absolute atomic E-state index is 15.2. The largest absolute Gasteiger partial charge is 0.465 e. The molecule has 9 heteroatoms. The molecule has 0 bridgehead atoms. The van der Waals surface area contributed by atoms with Gasteiger partial charge in [-0.1, -0.05) is 52.3 Å². The van der Waals surface area contributed by atoms with Crippen LogP contribution in [0.5, 0.6) is 0 Å². The van der Waals surface area contributed by atoms with E-state index in [-0.39, 0.29) is 17.6 Å². The number of ether oxygens (including phenoxy) is 4. The topological polar surface area (TPSA) is 88.1 Å². The van der Waals surface area contributed by atoms with E-state index < -0.39 is 48.0 Å². The van der Waals surface area contributed by atoms with Crippen LogP contribution in [0.3, 0.4) is 0 Å². The molecule has 0 amide bonds. The lowest BCUT2D eigenvalue weighted by Crippen LogP contribution is -2.58. The SMILES string of the molecule is O=COCC1OC(Br)C(OC(=O)c2ccccc2)C(OC(=O)c2ccccc2)C1F. The first-order valence-electron chi connectivity index (χ1n) is 9.02. The van der Waals surface area contributed by atoms with Gasteiger partial charge in [-0.3, -0.25) is 4.79 Å². The molecule has 0 radical (unpaired) electrons. The summed E-state index contributed by atoms with van der Waals surface area (Å²) in [6.07, 6.45) is -5.92. The van der Waals surface area contributed by atoms with Crippen molar-refractivity contribution < 1.29 is 37.7 Å². The summed E-state index contributed by atoms with van der Waals surface area (Å²) < 4.78 is 36.0. The molecule has 158 valence electrons. The van der Waals surface area contributed by atoms with Crippen LogP contribution < -0.4 is 0 Å². The van der Waals surface area contributed by atoms with Crippen LogP contribution in [0.2, 0.25) is 0 Å². The molecular formula is C21H18BrFO7. The molecular weight excluding hydrogens is 463 g/mol. The van der Waals surface area contributed by atoms with Crippen molar-refractivity contribution in [3.8, 4) is 0 Å². The van der Waals surface area contributed by atoms with Gasteiger partial charge in [-0.25, -0.2) is 14.0 Å². The summed E-state index contributed by atoms with van der Waals surface area (Å²) in [6.45, 7) is -0.239. The fraction of sp³-hybridized carbons (Fsp3) is 0.286. The van der Waals surface area contributed by atoms with Gasteiger partial charge in [0.2, 0.25) is 0 Å². The third-order valence-electron chi connectivity index (χ3n) is 4.39. The van der Waals surface area contributed by atoms with Crippen molar-refractivity contribution in [3.63, 3.8) is 0 Å². The zero-order chi connectivity index (χ0) is 21.5. The number of halogens is 2. The highest BCUT2D eigenvalue weighted by Gasteiger charge is 2.50. The predicted molar refractivity (Wildman–Crippen MR) is 106 cm³/mol. The Labute approximate surface area is 180 Å². The molecule has 2 aromatic carbocycles. The number of hydrogen-bond acceptors (Lipinski definition) is 7. The molecule has 1 aliphatic rings. The summed E-state index contributed by atoms with van der Waals surface area (Å²) in [5, 5.41) is -1.01. The van der Waals surface area contributed by atoms with E-state index in [2.05, 4.69) is 20.7 Å². The van der Waals surface area contributed by atoms with Gasteiger partial charge in [0, 0.05) is 0 Å². The molecule has 30 heavy (non-hydrogen) atoms. The highest BCUT2D eigenvalue weighted by Crippen LogP contribution is 2.32. The lowest BCUT2D eigenvalue weighted by Gasteiger charge is -2.40. The average Bonchev–Trinajstić information content (AvgIpc) is 2.78. The Balaban J connectivity index is 1.82. The van der Waals surface area contributed by atoms with Gasteiger partial charge in [0.05, 0.1) is 11.1 Å². The van der Waals surface area contributed by atoms with Crippen molar-refractivity contribution in [2.24, 2.45) is 0 Å². The first kappa shape index (κ1) is 21.9. The minimum atomic E-state index is -1.92. The zero-order valence-corrected chi connectivity index (χ0v) is 17.1. The number of alkyl halides is 2. The molecule has 7 nitrogen and oxygen atoms in total. The van der Waals surface area contributed by atoms with Gasteiger partial charge >= 0.3 is 11.9 Å². The van der Waals surface area contributed by atoms with Crippen LogP contribution >= 0.6 is 15.9 Å². The van der Waals surface area contributed by atoms with Gasteiger partial charge < -0.3 is 18.9 Å². The van der Waals surface area contributed by atoms with E-state index in [9.17, 15) is 14.4 Å². The van der Waals surface area contributed by atoms with Crippen LogP contribution in [-0.2, 0) is 23.7 Å². The normalized spacial score (nSPS) is 25.7. The monoisotopic (exact) mass is 480 g/mol. The predicted octanol–water partition coefficient (Wildman–Crippen LogP) is 3.07. The quantitative estimate of drug-likeness (QED) is 0.260. The first-order valence-corrected chi connectivity index (χ1v) is 9.93. The van der Waals surface area contributed by atoms with E-state index in [4.69, 9.17) is 14.2 Å². The molecule has 1 aliphatic heterocycles. The van der Waals surface area contributed by atoms with Gasteiger partial charge in [-0.2, -0.15) is 0 Å². The van der Waals surface area contributed by atoms with Crippen molar-refractivity contribution >= 4 is 34.3 Å². The summed E-state index contributed by atoms with van der Waals surface area (Å²) in [7, 11) is 0. The highest BCUT2D eigenvalue weighted by atomic mass is 79.9. The van der Waals surface area contributed by atoms with Gasteiger partial charge in [-0.05, 0) is 24.3 Å². The fourth-order valence-electron chi connectivity index (χ4n) is 2.91. The third kappa shape index (κ3) is 5.22. The number of carbonyl (C=O) groups is 3. The Morgan fingerprint density at radius 2 is 1.43 bits per heavy atom. The van der Waals surface area contributed by atoms with E-state index in [1.807, 2.05) is 0 Å². The lowest BCUT2D eigenvalue weighted by molar-refractivity contribution is -0.189. The Morgan fingerprint density at radius 3 is 1.93 bits per heavy atom. The maximum Gasteiger partial charge on any atom is 0.338 e. The lowest BCUT2D eigenvalue weighted by atomic mass is 10.0. The first-order chi connectivity index (χ1) is 14.5. The summed E-state index contributed by atoms with van der Waals surface area (Å²) >= 11 is 3.20. The van der Waals surface area contributed by atoms with Crippen molar-refractivity contribution in [1.29, 1.82) is 0 Å². The molecule has 1 saturated heterocycles. The summed E-state index contributed by atoms with van der Waals surface area (Å²) in [5.41, 5.74) is 0.447. The second kappa shape index (κ2) is 10.3. The molecule has 2 aromatic rings. The molecule has 0 aliphatic carbocycles. The van der Waals surface area contributed by atoms with E-state index in [1.165, 1.54) is 24.3 Å². The van der Waals surface area contributed by atoms with E-state index in [0.717, 1.165) is 0 Å². The second-order valence-electron chi connectivity index (χ2n) is 6.37. The van der Waals surface area contributed by atoms with Crippen LogP contribution in [0, 0.1) is 0 Å². The van der Waals surface area contributed by atoms with Crippen molar-refractivity contribution in [2.75, 3.05) is 6.61 Å². The summed E-state index contributed by atoms with van der Waals surface area (Å²) in [6, 6.07) is 16.1. The van der Waals surface area contributed by atoms with E-state index >= 15 is 4.39 Å². The zero-order valence-electron chi connectivity index (χ0n) is 15.6. The smallest absolute Gasteiger partial charge is 0.338 e. The minimum absolute atomic E-state index is 0.159. The van der Waals surface area contributed by atoms with E-state index in [1.54, 1.807) is 36.4 Å². The Bertz CT molecular complexity index is 864. The van der Waals surface area contributed by atoms with Gasteiger partial charge in [-0.15, -0.1) is 0 Å². The van der Waals surface area contributed by atoms with Crippen molar-refractivity contribution in [2.45, 2.75) is 29.5 Å². The molecule has 0 aromatic heterocycles. The molecule has 3 rings (SSSR count). The van der Waals surface area contributed by atoms with Gasteiger partial charge in [0.1, 0.15) is 12.7 Å². The van der Waals surface area contributed by atoms with Crippen molar-refractivity contribution in [3.05, 3.63) is 71.8 Å². The van der Waals surface area contributed by atoms with Crippen molar-refractivity contribution in [1.82, 2.24) is 0 Å². The molecule has 0 spiro atoms. The summed E-state index contributed by atoms with van der Waals surface area (Å²) in [4.78, 5) is 35.5.